The minimum absolute atomic E-state index is 0.00829. The van der Waals surface area contributed by atoms with Crippen molar-refractivity contribution >= 4 is 44.1 Å². The van der Waals surface area contributed by atoms with Crippen molar-refractivity contribution in [3.05, 3.63) is 41.6 Å². The fourth-order valence-electron chi connectivity index (χ4n) is 5.13. The number of imidazole rings is 1. The number of aromatic amines is 1. The van der Waals surface area contributed by atoms with Crippen molar-refractivity contribution < 1.29 is 52.2 Å². The van der Waals surface area contributed by atoms with Gasteiger partial charge in [0.2, 0.25) is 0 Å². The predicted octanol–water partition coefficient (Wildman–Crippen LogP) is -1.05. The molecule has 232 valence electrons. The molecular formula is C21H26N8O12P2. The number of nitrogen functional groups attached to an aromatic ring is 1. The molecule has 9 atom stereocenters. The summed E-state index contributed by atoms with van der Waals surface area (Å²) in [5.41, 5.74) is 5.75. The van der Waals surface area contributed by atoms with E-state index < -0.39 is 77.8 Å². The maximum absolute atomic E-state index is 13.1. The number of aromatic nitrogens is 7. The predicted molar refractivity (Wildman–Crippen MR) is 142 cm³/mol. The van der Waals surface area contributed by atoms with Crippen LogP contribution in [-0.4, -0.2) is 97.8 Å². The summed E-state index contributed by atoms with van der Waals surface area (Å²) in [7, 11) is -8.52. The van der Waals surface area contributed by atoms with Crippen LogP contribution in [0.15, 0.2) is 36.0 Å². The van der Waals surface area contributed by atoms with Crippen LogP contribution in [0.3, 0.4) is 0 Å². The molecule has 20 nitrogen and oxygen atoms in total. The first-order valence-corrected chi connectivity index (χ1v) is 15.4. The van der Waals surface area contributed by atoms with E-state index in [1.54, 1.807) is 6.07 Å². The quantitative estimate of drug-likeness (QED) is 0.112. The van der Waals surface area contributed by atoms with Crippen molar-refractivity contribution in [2.24, 2.45) is 0 Å². The van der Waals surface area contributed by atoms with Gasteiger partial charge in [-0.1, -0.05) is 0 Å². The zero-order chi connectivity index (χ0) is 30.5. The summed E-state index contributed by atoms with van der Waals surface area (Å²) >= 11 is 0. The Labute approximate surface area is 240 Å². The molecule has 6 rings (SSSR count). The first-order chi connectivity index (χ1) is 20.6. The number of H-pyrrole nitrogens is 1. The van der Waals surface area contributed by atoms with Crippen LogP contribution >= 0.6 is 16.1 Å². The highest BCUT2D eigenvalue weighted by Gasteiger charge is 2.48. The third-order valence-electron chi connectivity index (χ3n) is 7.02. The third-order valence-corrected chi connectivity index (χ3v) is 8.51. The van der Waals surface area contributed by atoms with Gasteiger partial charge in [-0.3, -0.25) is 23.0 Å². The number of anilines is 1. The van der Waals surface area contributed by atoms with Gasteiger partial charge < -0.3 is 49.3 Å². The molecule has 0 amide bonds. The van der Waals surface area contributed by atoms with Gasteiger partial charge in [0.25, 0.3) is 5.56 Å². The maximum atomic E-state index is 13.1. The number of aliphatic hydroxyl groups excluding tert-OH is 2. The topological polar surface area (TPSA) is 282 Å². The normalized spacial score (nSPS) is 29.8. The standard InChI is InChI=1S/C21H26N8O12P2/c22-16-10-1-2-28(17(10)24-6-23-16)21-14(31)15(40-42(33)34)12(39-21)5-37-43(35,36)41-11-3-9(4-30)38-20(11)29-8-27-13-18(29)25-7-26-19(13)32/h1-2,6-9,11-12,14-15,20-21,30-31,42H,3-5H2,(H,33,34)(H,35,36)(H2,22,23,24)(H,25,26,32)/t9?,11-,12?,14-,15-,20-,21-/m1/s1. The zero-order valence-corrected chi connectivity index (χ0v) is 23.7. The van der Waals surface area contributed by atoms with E-state index >= 15 is 0 Å². The minimum Gasteiger partial charge on any atom is -0.394 e. The number of phosphoric ester groups is 1. The van der Waals surface area contributed by atoms with E-state index in [4.69, 9.17) is 28.8 Å². The number of phosphoric acid groups is 1. The largest absolute Gasteiger partial charge is 0.472 e. The van der Waals surface area contributed by atoms with E-state index in [2.05, 4.69) is 24.9 Å². The molecule has 43 heavy (non-hydrogen) atoms. The number of nitrogens with one attached hydrogen (secondary N) is 1. The molecule has 4 unspecified atom stereocenters. The Morgan fingerprint density at radius 1 is 1.19 bits per heavy atom. The molecule has 2 saturated heterocycles. The van der Waals surface area contributed by atoms with E-state index in [1.807, 2.05) is 0 Å². The number of hydrogen-bond acceptors (Lipinski definition) is 15. The molecular weight excluding hydrogens is 618 g/mol. The van der Waals surface area contributed by atoms with Crippen LogP contribution in [0.5, 0.6) is 0 Å². The summed E-state index contributed by atoms with van der Waals surface area (Å²) in [6, 6.07) is 1.58. The lowest BCUT2D eigenvalue weighted by Crippen LogP contribution is -2.35. The second kappa shape index (κ2) is 11.8. The molecule has 0 radical (unpaired) electrons. The monoisotopic (exact) mass is 644 g/mol. The minimum atomic E-state index is -4.92. The van der Waals surface area contributed by atoms with Gasteiger partial charge in [-0.25, -0.2) is 24.5 Å². The third kappa shape index (κ3) is 5.75. The van der Waals surface area contributed by atoms with Crippen molar-refractivity contribution in [3.8, 4) is 0 Å². The molecule has 0 saturated carbocycles. The SMILES string of the molecule is Nc1ncnc2c1ccn2[C@@H]1OC(COP(=O)(O)O[C@@H]2CC(CO)O[C@H]2n2cnc3c(=O)[nH]cnc32)[C@@H](O[PH](=O)O)[C@H]1O. The Balaban J connectivity index is 1.20. The lowest BCUT2D eigenvalue weighted by atomic mass is 10.1. The average molecular weight is 644 g/mol. The van der Waals surface area contributed by atoms with E-state index in [1.165, 1.54) is 28.0 Å². The highest BCUT2D eigenvalue weighted by molar-refractivity contribution is 7.47. The van der Waals surface area contributed by atoms with Crippen LogP contribution in [0.25, 0.3) is 22.2 Å². The van der Waals surface area contributed by atoms with Gasteiger partial charge in [0, 0.05) is 12.6 Å². The highest BCUT2D eigenvalue weighted by atomic mass is 31.2. The van der Waals surface area contributed by atoms with Gasteiger partial charge in [-0.05, 0) is 6.07 Å². The fourth-order valence-corrected chi connectivity index (χ4v) is 6.59. The smallest absolute Gasteiger partial charge is 0.394 e. The van der Waals surface area contributed by atoms with Gasteiger partial charge in [-0.15, -0.1) is 0 Å². The molecule has 2 aliphatic rings. The Bertz CT molecular complexity index is 1760. The molecule has 0 aromatic carbocycles. The molecule has 2 aliphatic heterocycles. The summed E-state index contributed by atoms with van der Waals surface area (Å²) in [5, 5.41) is 21.1. The molecule has 0 aliphatic carbocycles. The first-order valence-electron chi connectivity index (χ1n) is 12.7. The van der Waals surface area contributed by atoms with Crippen LogP contribution < -0.4 is 11.3 Å². The van der Waals surface area contributed by atoms with Crippen LogP contribution in [-0.2, 0) is 32.2 Å². The Morgan fingerprint density at radius 3 is 2.77 bits per heavy atom. The number of ether oxygens (including phenoxy) is 2. The fraction of sp³-hybridized carbons (Fsp3) is 0.476. The summed E-state index contributed by atoms with van der Waals surface area (Å²) in [6.07, 6.45) is -3.56. The van der Waals surface area contributed by atoms with Crippen LogP contribution in [0.2, 0.25) is 0 Å². The molecule has 22 heteroatoms. The van der Waals surface area contributed by atoms with E-state index in [9.17, 15) is 33.9 Å². The second-order valence-corrected chi connectivity index (χ2v) is 11.8. The second-order valence-electron chi connectivity index (χ2n) is 9.65. The summed E-state index contributed by atoms with van der Waals surface area (Å²) in [4.78, 5) is 50.6. The van der Waals surface area contributed by atoms with Crippen LogP contribution in [0, 0.1) is 0 Å². The highest BCUT2D eigenvalue weighted by Crippen LogP contribution is 2.50. The van der Waals surface area contributed by atoms with Gasteiger partial charge in [0.05, 0.1) is 37.4 Å². The van der Waals surface area contributed by atoms with Crippen molar-refractivity contribution in [2.75, 3.05) is 18.9 Å². The van der Waals surface area contributed by atoms with Crippen molar-refractivity contribution in [1.29, 1.82) is 0 Å². The number of fused-ring (bicyclic) bond motifs is 2. The molecule has 0 spiro atoms. The molecule has 0 bridgehead atoms. The molecule has 2 fully saturated rings. The molecule has 4 aromatic heterocycles. The lowest BCUT2D eigenvalue weighted by Gasteiger charge is -2.24. The zero-order valence-electron chi connectivity index (χ0n) is 21.8. The lowest BCUT2D eigenvalue weighted by molar-refractivity contribution is -0.0607. The summed E-state index contributed by atoms with van der Waals surface area (Å²) in [6.45, 7) is -1.16. The molecule has 6 heterocycles. The van der Waals surface area contributed by atoms with Crippen LogP contribution in [0.1, 0.15) is 18.9 Å². The number of aliphatic hydroxyl groups is 2. The number of hydrogen-bond donors (Lipinski definition) is 6. The van der Waals surface area contributed by atoms with Gasteiger partial charge in [0.1, 0.15) is 42.2 Å². The van der Waals surface area contributed by atoms with E-state index in [-0.39, 0.29) is 23.4 Å². The Kier molecular flexibility index (Phi) is 8.18. The van der Waals surface area contributed by atoms with Gasteiger partial charge >= 0.3 is 16.1 Å². The van der Waals surface area contributed by atoms with E-state index in [0.29, 0.717) is 11.0 Å². The van der Waals surface area contributed by atoms with Crippen molar-refractivity contribution in [3.63, 3.8) is 0 Å². The summed E-state index contributed by atoms with van der Waals surface area (Å²) in [5.74, 6) is 0.173. The van der Waals surface area contributed by atoms with Crippen molar-refractivity contribution in [2.45, 2.75) is 49.4 Å². The first kappa shape index (κ1) is 29.9. The number of nitrogens with two attached hydrogens (primary N) is 1. The maximum Gasteiger partial charge on any atom is 0.472 e. The Morgan fingerprint density at radius 2 is 2.00 bits per heavy atom. The number of rotatable bonds is 10. The van der Waals surface area contributed by atoms with E-state index in [0.717, 1.165) is 6.33 Å². The average Bonchev–Trinajstić information content (AvgIpc) is 3.73. The van der Waals surface area contributed by atoms with Crippen molar-refractivity contribution in [1.82, 2.24) is 34.1 Å². The molecule has 4 aromatic rings. The Hall–Kier alpha value is -3.13. The van der Waals surface area contributed by atoms with Crippen LogP contribution in [0.4, 0.5) is 5.82 Å². The van der Waals surface area contributed by atoms with Gasteiger partial charge in [-0.2, -0.15) is 0 Å². The molecule has 7 N–H and O–H groups in total. The number of nitrogens with zero attached hydrogens (tertiary/aromatic N) is 6. The summed E-state index contributed by atoms with van der Waals surface area (Å²) < 4.78 is 54.6. The van der Waals surface area contributed by atoms with Gasteiger partial charge in [0.15, 0.2) is 23.6 Å².